The molecule has 0 aromatic heterocycles. The van der Waals surface area contributed by atoms with E-state index in [2.05, 4.69) is 54.1 Å². The Hall–Kier alpha value is -3.61. The monoisotopic (exact) mass is 513 g/mol. The van der Waals surface area contributed by atoms with Gasteiger partial charge < -0.3 is 20.4 Å². The third kappa shape index (κ3) is 5.33. The quantitative estimate of drug-likeness (QED) is 0.574. The van der Waals surface area contributed by atoms with E-state index in [1.54, 1.807) is 0 Å². The van der Waals surface area contributed by atoms with Crippen LogP contribution in [0.15, 0.2) is 59.1 Å². The summed E-state index contributed by atoms with van der Waals surface area (Å²) >= 11 is 0. The molecule has 0 atom stereocenters. The molecule has 2 N–H and O–H groups in total. The maximum atomic E-state index is 13.4. The molecule has 7 nitrogen and oxygen atoms in total. The Balaban J connectivity index is 1.25. The number of carbonyl (C=O) groups is 2. The molecule has 0 bridgehead atoms. The maximum absolute atomic E-state index is 13.4. The first-order chi connectivity index (χ1) is 18.4. The van der Waals surface area contributed by atoms with Gasteiger partial charge in [-0.3, -0.25) is 9.59 Å². The average molecular weight is 514 g/mol. The van der Waals surface area contributed by atoms with Crippen LogP contribution >= 0.6 is 0 Å². The van der Waals surface area contributed by atoms with Crippen molar-refractivity contribution in [2.24, 2.45) is 16.1 Å². The van der Waals surface area contributed by atoms with Crippen LogP contribution in [-0.4, -0.2) is 66.7 Å². The largest absolute Gasteiger partial charge is 0.387 e. The number of aliphatic imine (C=N–C) groups is 1. The second-order valence-electron chi connectivity index (χ2n) is 11.0. The minimum absolute atomic E-state index is 0.0176. The number of benzene rings is 2. The molecule has 3 aliphatic rings. The molecule has 200 valence electrons. The van der Waals surface area contributed by atoms with Gasteiger partial charge in [-0.05, 0) is 56.0 Å². The van der Waals surface area contributed by atoms with Gasteiger partial charge in [-0.25, -0.2) is 4.99 Å². The van der Waals surface area contributed by atoms with Crippen molar-refractivity contribution in [2.45, 2.75) is 46.0 Å². The van der Waals surface area contributed by atoms with E-state index in [0.29, 0.717) is 29.1 Å². The summed E-state index contributed by atoms with van der Waals surface area (Å²) in [5.74, 6) is 0.456. The number of likely N-dealkylation sites (tertiary alicyclic amines) is 1. The number of amides is 2. The van der Waals surface area contributed by atoms with Crippen LogP contribution in [0.2, 0.25) is 0 Å². The predicted molar refractivity (Wildman–Crippen MR) is 154 cm³/mol. The Morgan fingerprint density at radius 1 is 1.00 bits per heavy atom. The lowest BCUT2D eigenvalue weighted by molar-refractivity contribution is -0.127. The third-order valence-electron chi connectivity index (χ3n) is 8.08. The molecule has 3 heterocycles. The first kappa shape index (κ1) is 26.0. The zero-order valence-electron chi connectivity index (χ0n) is 22.7. The Morgan fingerprint density at radius 2 is 1.68 bits per heavy atom. The van der Waals surface area contributed by atoms with E-state index in [0.717, 1.165) is 70.5 Å². The molecular weight excluding hydrogens is 474 g/mol. The molecule has 2 saturated heterocycles. The lowest BCUT2D eigenvalue weighted by Crippen LogP contribution is -2.61. The standard InChI is InChI=1S/C31H39N5O2/c1-3-14-35(15-4-2)30(38)25-18-23-10-11-24(19-27(23)33-28(32)20-25)29(37)36-21-31(22-36)12-16-34(17-13-31)26-8-6-5-7-9-26/h5-11,18-19H,3-4,12-17,20-22H2,1-2H3,(H2,32,33). The zero-order valence-corrected chi connectivity index (χ0v) is 22.7. The van der Waals surface area contributed by atoms with Gasteiger partial charge in [0, 0.05) is 73.5 Å². The number of rotatable bonds is 7. The summed E-state index contributed by atoms with van der Waals surface area (Å²) in [6, 6.07) is 16.1. The number of piperidine rings is 1. The third-order valence-corrected chi connectivity index (χ3v) is 8.08. The Bertz CT molecular complexity index is 1230. The smallest absolute Gasteiger partial charge is 0.253 e. The lowest BCUT2D eigenvalue weighted by Gasteiger charge is -2.54. The molecule has 2 amide bonds. The minimum atomic E-state index is 0.0176. The molecule has 5 rings (SSSR count). The van der Waals surface area contributed by atoms with Crippen LogP contribution in [0.3, 0.4) is 0 Å². The van der Waals surface area contributed by atoms with Crippen LogP contribution in [0.25, 0.3) is 6.08 Å². The van der Waals surface area contributed by atoms with Crippen LogP contribution in [0.5, 0.6) is 0 Å². The highest BCUT2D eigenvalue weighted by Gasteiger charge is 2.46. The van der Waals surface area contributed by atoms with Crippen LogP contribution < -0.4 is 10.6 Å². The van der Waals surface area contributed by atoms with E-state index in [1.165, 1.54) is 5.69 Å². The van der Waals surface area contributed by atoms with Crippen molar-refractivity contribution in [1.82, 2.24) is 9.80 Å². The molecule has 3 aliphatic heterocycles. The fourth-order valence-electron chi connectivity index (χ4n) is 6.00. The summed E-state index contributed by atoms with van der Waals surface area (Å²) < 4.78 is 0. The van der Waals surface area contributed by atoms with Gasteiger partial charge in [-0.15, -0.1) is 0 Å². The highest BCUT2D eigenvalue weighted by molar-refractivity contribution is 6.06. The van der Waals surface area contributed by atoms with Crippen LogP contribution in [-0.2, 0) is 4.79 Å². The van der Waals surface area contributed by atoms with E-state index in [1.807, 2.05) is 34.1 Å². The summed E-state index contributed by atoms with van der Waals surface area (Å²) in [6.45, 7) is 9.27. The van der Waals surface area contributed by atoms with Gasteiger partial charge in [0.25, 0.3) is 5.91 Å². The van der Waals surface area contributed by atoms with Gasteiger partial charge in [-0.2, -0.15) is 0 Å². The number of para-hydroxylation sites is 1. The van der Waals surface area contributed by atoms with Crippen molar-refractivity contribution in [3.8, 4) is 0 Å². The van der Waals surface area contributed by atoms with Crippen molar-refractivity contribution in [3.05, 3.63) is 65.2 Å². The molecule has 2 aromatic rings. The van der Waals surface area contributed by atoms with Crippen molar-refractivity contribution in [3.63, 3.8) is 0 Å². The van der Waals surface area contributed by atoms with Crippen LogP contribution in [0, 0.1) is 5.41 Å². The molecule has 2 fully saturated rings. The molecule has 0 unspecified atom stereocenters. The summed E-state index contributed by atoms with van der Waals surface area (Å²) in [4.78, 5) is 37.5. The van der Waals surface area contributed by atoms with Gasteiger partial charge in [0.15, 0.2) is 0 Å². The van der Waals surface area contributed by atoms with Gasteiger partial charge in [0.05, 0.1) is 5.69 Å². The van der Waals surface area contributed by atoms with Crippen LogP contribution in [0.1, 0.15) is 61.9 Å². The molecule has 0 radical (unpaired) electrons. The second-order valence-corrected chi connectivity index (χ2v) is 11.0. The lowest BCUT2D eigenvalue weighted by atomic mass is 9.71. The summed E-state index contributed by atoms with van der Waals surface area (Å²) in [6.07, 6.45) is 6.24. The number of nitrogens with zero attached hydrogens (tertiary/aromatic N) is 4. The molecule has 2 aromatic carbocycles. The number of carbonyl (C=O) groups excluding carboxylic acids is 2. The van der Waals surface area contributed by atoms with Gasteiger partial charge in [0.2, 0.25) is 5.91 Å². The van der Waals surface area contributed by atoms with Gasteiger partial charge >= 0.3 is 0 Å². The molecule has 0 saturated carbocycles. The fraction of sp³-hybridized carbons (Fsp3) is 0.452. The first-order valence-electron chi connectivity index (χ1n) is 14.0. The molecule has 1 spiro atoms. The Labute approximate surface area is 226 Å². The topological polar surface area (TPSA) is 82.2 Å². The highest BCUT2D eigenvalue weighted by Crippen LogP contribution is 2.42. The van der Waals surface area contributed by atoms with E-state index < -0.39 is 0 Å². The van der Waals surface area contributed by atoms with E-state index >= 15 is 0 Å². The number of hydrogen-bond donors (Lipinski definition) is 1. The Kier molecular flexibility index (Phi) is 7.54. The predicted octanol–water partition coefficient (Wildman–Crippen LogP) is 4.85. The van der Waals surface area contributed by atoms with E-state index in [4.69, 9.17) is 5.73 Å². The van der Waals surface area contributed by atoms with Crippen molar-refractivity contribution >= 4 is 35.1 Å². The number of fused-ring (bicyclic) bond motifs is 1. The van der Waals surface area contributed by atoms with Gasteiger partial charge in [-0.1, -0.05) is 38.1 Å². The van der Waals surface area contributed by atoms with Crippen molar-refractivity contribution < 1.29 is 9.59 Å². The fourth-order valence-corrected chi connectivity index (χ4v) is 6.00. The normalized spacial score (nSPS) is 18.2. The Morgan fingerprint density at radius 3 is 2.34 bits per heavy atom. The molecule has 0 aliphatic carbocycles. The first-order valence-corrected chi connectivity index (χ1v) is 14.0. The average Bonchev–Trinajstić information content (AvgIpc) is 3.08. The summed E-state index contributed by atoms with van der Waals surface area (Å²) in [5, 5.41) is 0. The maximum Gasteiger partial charge on any atom is 0.253 e. The number of anilines is 1. The summed E-state index contributed by atoms with van der Waals surface area (Å²) in [5.41, 5.74) is 10.5. The SMILES string of the molecule is CCCN(CCC)C(=O)C1=Cc2ccc(C(=O)N3CC4(CCN(c5ccccc5)CC4)C3)cc2N=C(N)C1. The second kappa shape index (κ2) is 11.0. The summed E-state index contributed by atoms with van der Waals surface area (Å²) in [7, 11) is 0. The highest BCUT2D eigenvalue weighted by atomic mass is 16.2. The minimum Gasteiger partial charge on any atom is -0.387 e. The van der Waals surface area contributed by atoms with E-state index in [-0.39, 0.29) is 17.2 Å². The zero-order chi connectivity index (χ0) is 26.7. The molecule has 7 heteroatoms. The van der Waals surface area contributed by atoms with Crippen LogP contribution in [0.4, 0.5) is 11.4 Å². The molecular formula is C31H39N5O2. The van der Waals surface area contributed by atoms with Gasteiger partial charge in [0.1, 0.15) is 5.84 Å². The van der Waals surface area contributed by atoms with E-state index in [9.17, 15) is 9.59 Å². The molecule has 38 heavy (non-hydrogen) atoms. The number of amidine groups is 1. The number of nitrogens with two attached hydrogens (primary N) is 1. The number of hydrogen-bond acceptors (Lipinski definition) is 5. The van der Waals surface area contributed by atoms with Crippen molar-refractivity contribution in [1.29, 1.82) is 0 Å². The van der Waals surface area contributed by atoms with Crippen molar-refractivity contribution in [2.75, 3.05) is 44.2 Å².